The second kappa shape index (κ2) is 6.23. The molecule has 1 unspecified atom stereocenters. The van der Waals surface area contributed by atoms with Crippen LogP contribution in [-0.2, 0) is 9.53 Å². The number of halogens is 1. The lowest BCUT2D eigenvalue weighted by molar-refractivity contribution is -0.147. The van der Waals surface area contributed by atoms with Crippen molar-refractivity contribution in [2.75, 3.05) is 26.9 Å². The van der Waals surface area contributed by atoms with E-state index in [1.54, 1.807) is 18.2 Å². The van der Waals surface area contributed by atoms with Gasteiger partial charge >= 0.3 is 5.97 Å². The molecule has 1 atom stereocenters. The topological polar surface area (TPSA) is 76.1 Å². The van der Waals surface area contributed by atoms with Gasteiger partial charge in [0.2, 0.25) is 0 Å². The number of carboxylic acids is 1. The van der Waals surface area contributed by atoms with Crippen molar-refractivity contribution in [1.82, 2.24) is 4.90 Å². The van der Waals surface area contributed by atoms with E-state index in [9.17, 15) is 9.59 Å². The molecule has 0 aliphatic carbocycles. The van der Waals surface area contributed by atoms with Crippen LogP contribution in [0.1, 0.15) is 10.4 Å². The highest BCUT2D eigenvalue weighted by Gasteiger charge is 2.33. The Hall–Kier alpha value is -1.60. The molecule has 0 radical (unpaired) electrons. The summed E-state index contributed by atoms with van der Waals surface area (Å²) in [5.41, 5.74) is 0.408. The molecule has 0 saturated carbocycles. The Morgan fingerprint density at radius 2 is 2.25 bits per heavy atom. The highest BCUT2D eigenvalue weighted by atomic mass is 79.9. The molecule has 7 heteroatoms. The van der Waals surface area contributed by atoms with Gasteiger partial charge in [-0.3, -0.25) is 4.79 Å². The maximum atomic E-state index is 12.4. The predicted octanol–water partition coefficient (Wildman–Crippen LogP) is 1.38. The van der Waals surface area contributed by atoms with Gasteiger partial charge < -0.3 is 19.5 Å². The van der Waals surface area contributed by atoms with Gasteiger partial charge in [0.05, 0.1) is 24.8 Å². The highest BCUT2D eigenvalue weighted by molar-refractivity contribution is 9.10. The first-order chi connectivity index (χ1) is 9.54. The zero-order valence-corrected chi connectivity index (χ0v) is 12.4. The van der Waals surface area contributed by atoms with Crippen molar-refractivity contribution in [2.24, 2.45) is 0 Å². The van der Waals surface area contributed by atoms with Crippen molar-refractivity contribution in [2.45, 2.75) is 6.04 Å². The normalized spacial score (nSPS) is 18.7. The van der Waals surface area contributed by atoms with Crippen LogP contribution >= 0.6 is 15.9 Å². The summed E-state index contributed by atoms with van der Waals surface area (Å²) in [4.78, 5) is 24.9. The second-order valence-electron chi connectivity index (χ2n) is 4.28. The van der Waals surface area contributed by atoms with Crippen molar-refractivity contribution in [3.05, 3.63) is 28.2 Å². The van der Waals surface area contributed by atoms with Gasteiger partial charge in [0, 0.05) is 12.1 Å². The lowest BCUT2D eigenvalue weighted by Crippen LogP contribution is -2.52. The molecule has 0 bridgehead atoms. The Labute approximate surface area is 124 Å². The lowest BCUT2D eigenvalue weighted by Gasteiger charge is -2.32. The molecule has 108 valence electrons. The Balaban J connectivity index is 2.25. The average Bonchev–Trinajstić information content (AvgIpc) is 2.46. The molecule has 1 saturated heterocycles. The van der Waals surface area contributed by atoms with Gasteiger partial charge in [0.25, 0.3) is 5.91 Å². The summed E-state index contributed by atoms with van der Waals surface area (Å²) in [6.45, 7) is 0.616. The SMILES string of the molecule is COc1ccc(C(=O)N2CCOCC2C(=O)O)cc1Br. The fourth-order valence-corrected chi connectivity index (χ4v) is 2.56. The molecule has 0 spiro atoms. The maximum Gasteiger partial charge on any atom is 0.328 e. The maximum absolute atomic E-state index is 12.4. The van der Waals surface area contributed by atoms with Crippen molar-refractivity contribution in [1.29, 1.82) is 0 Å². The summed E-state index contributed by atoms with van der Waals surface area (Å²) >= 11 is 3.31. The average molecular weight is 344 g/mol. The first-order valence-corrected chi connectivity index (χ1v) is 6.79. The number of carboxylic acid groups (broad SMARTS) is 1. The lowest BCUT2D eigenvalue weighted by atomic mass is 10.1. The fraction of sp³-hybridized carbons (Fsp3) is 0.385. The molecule has 1 amide bonds. The Kier molecular flexibility index (Phi) is 4.61. The summed E-state index contributed by atoms with van der Waals surface area (Å²) < 4.78 is 10.9. The molecule has 1 fully saturated rings. The van der Waals surface area contributed by atoms with Crippen LogP contribution in [0.4, 0.5) is 0 Å². The zero-order chi connectivity index (χ0) is 14.7. The number of rotatable bonds is 3. The minimum Gasteiger partial charge on any atom is -0.496 e. The minimum absolute atomic E-state index is 0.0123. The van der Waals surface area contributed by atoms with Crippen LogP contribution in [0.2, 0.25) is 0 Å². The van der Waals surface area contributed by atoms with E-state index < -0.39 is 12.0 Å². The zero-order valence-electron chi connectivity index (χ0n) is 10.8. The number of aliphatic carboxylic acids is 1. The monoisotopic (exact) mass is 343 g/mol. The van der Waals surface area contributed by atoms with E-state index in [1.165, 1.54) is 12.0 Å². The molecule has 1 aliphatic rings. The number of amides is 1. The van der Waals surface area contributed by atoms with E-state index >= 15 is 0 Å². The van der Waals surface area contributed by atoms with Crippen molar-refractivity contribution in [3.8, 4) is 5.75 Å². The molecule has 2 rings (SSSR count). The number of hydrogen-bond donors (Lipinski definition) is 1. The van der Waals surface area contributed by atoms with E-state index in [4.69, 9.17) is 14.6 Å². The third-order valence-corrected chi connectivity index (χ3v) is 3.69. The summed E-state index contributed by atoms with van der Waals surface area (Å²) in [7, 11) is 1.53. The number of benzene rings is 1. The molecule has 1 aromatic rings. The summed E-state index contributed by atoms with van der Waals surface area (Å²) in [6.07, 6.45) is 0. The van der Waals surface area contributed by atoms with Gasteiger partial charge in [0.15, 0.2) is 6.04 Å². The number of nitrogens with zero attached hydrogens (tertiary/aromatic N) is 1. The predicted molar refractivity (Wildman–Crippen MR) is 74.0 cm³/mol. The second-order valence-corrected chi connectivity index (χ2v) is 5.13. The number of methoxy groups -OCH3 is 1. The van der Waals surface area contributed by atoms with E-state index in [2.05, 4.69) is 15.9 Å². The molecular weight excluding hydrogens is 330 g/mol. The Morgan fingerprint density at radius 1 is 1.50 bits per heavy atom. The van der Waals surface area contributed by atoms with Gasteiger partial charge in [0.1, 0.15) is 5.75 Å². The summed E-state index contributed by atoms with van der Waals surface area (Å²) in [5.74, 6) is -0.784. The van der Waals surface area contributed by atoms with Crippen LogP contribution in [0.3, 0.4) is 0 Å². The van der Waals surface area contributed by atoms with Crippen molar-refractivity contribution < 1.29 is 24.2 Å². The Bertz CT molecular complexity index is 533. The number of morpholine rings is 1. The van der Waals surface area contributed by atoms with Gasteiger partial charge in [-0.05, 0) is 34.1 Å². The standard InChI is InChI=1S/C13H14BrNO5/c1-19-11-3-2-8(6-9(11)14)12(16)15-4-5-20-7-10(15)13(17)18/h2-3,6,10H,4-5,7H2,1H3,(H,17,18). The molecule has 1 N–H and O–H groups in total. The van der Waals surface area contributed by atoms with Crippen LogP contribution in [0.25, 0.3) is 0 Å². The van der Waals surface area contributed by atoms with Crippen molar-refractivity contribution in [3.63, 3.8) is 0 Å². The van der Waals surface area contributed by atoms with Crippen LogP contribution in [-0.4, -0.2) is 54.8 Å². The summed E-state index contributed by atoms with van der Waals surface area (Å²) in [5, 5.41) is 9.14. The van der Waals surface area contributed by atoms with Crippen LogP contribution in [0, 0.1) is 0 Å². The molecule has 20 heavy (non-hydrogen) atoms. The quantitative estimate of drug-likeness (QED) is 0.897. The molecule has 1 aromatic carbocycles. The number of carbonyl (C=O) groups is 2. The third kappa shape index (κ3) is 2.94. The minimum atomic E-state index is -1.06. The highest BCUT2D eigenvalue weighted by Crippen LogP contribution is 2.26. The molecule has 1 heterocycles. The fourth-order valence-electron chi connectivity index (χ4n) is 2.02. The molecule has 6 nitrogen and oxygen atoms in total. The van der Waals surface area contributed by atoms with E-state index in [0.29, 0.717) is 22.4 Å². The Morgan fingerprint density at radius 3 is 2.85 bits per heavy atom. The number of hydrogen-bond acceptors (Lipinski definition) is 4. The van der Waals surface area contributed by atoms with Gasteiger partial charge in [-0.2, -0.15) is 0 Å². The van der Waals surface area contributed by atoms with Gasteiger partial charge in [-0.25, -0.2) is 4.79 Å². The largest absolute Gasteiger partial charge is 0.496 e. The van der Waals surface area contributed by atoms with E-state index in [1.807, 2.05) is 0 Å². The first-order valence-electron chi connectivity index (χ1n) is 5.99. The summed E-state index contributed by atoms with van der Waals surface area (Å²) in [6, 6.07) is 3.95. The van der Waals surface area contributed by atoms with Crippen LogP contribution in [0.5, 0.6) is 5.75 Å². The van der Waals surface area contributed by atoms with Crippen molar-refractivity contribution >= 4 is 27.8 Å². The van der Waals surface area contributed by atoms with Crippen LogP contribution in [0.15, 0.2) is 22.7 Å². The van der Waals surface area contributed by atoms with E-state index in [-0.39, 0.29) is 19.1 Å². The number of carbonyl (C=O) groups excluding carboxylic acids is 1. The molecule has 0 aromatic heterocycles. The smallest absolute Gasteiger partial charge is 0.328 e. The van der Waals surface area contributed by atoms with Gasteiger partial charge in [-0.15, -0.1) is 0 Å². The molecular formula is C13H14BrNO5. The van der Waals surface area contributed by atoms with Gasteiger partial charge in [-0.1, -0.05) is 0 Å². The first kappa shape index (κ1) is 14.8. The van der Waals surface area contributed by atoms with E-state index in [0.717, 1.165) is 0 Å². The molecule has 1 aliphatic heterocycles. The van der Waals surface area contributed by atoms with Crippen LogP contribution < -0.4 is 4.74 Å². The third-order valence-electron chi connectivity index (χ3n) is 3.07. The number of ether oxygens (including phenoxy) is 2.